The zero-order chi connectivity index (χ0) is 13.1. The van der Waals surface area contributed by atoms with Gasteiger partial charge in [-0.3, -0.25) is 0 Å². The third kappa shape index (κ3) is 4.88. The lowest BCUT2D eigenvalue weighted by atomic mass is 9.91. The van der Waals surface area contributed by atoms with Crippen LogP contribution in [0.25, 0.3) is 0 Å². The van der Waals surface area contributed by atoms with Crippen LogP contribution in [0.5, 0.6) is 0 Å². The molecule has 2 N–H and O–H groups in total. The van der Waals surface area contributed by atoms with Crippen LogP contribution in [0.2, 0.25) is 0 Å². The van der Waals surface area contributed by atoms with E-state index in [1.165, 1.54) is 5.56 Å². The molecule has 1 atom stereocenters. The fraction of sp³-hybridized carbons (Fsp3) is 0.600. The summed E-state index contributed by atoms with van der Waals surface area (Å²) >= 11 is 0. The van der Waals surface area contributed by atoms with Crippen LogP contribution in [0, 0.1) is 5.41 Å². The Bertz CT molecular complexity index is 336. The van der Waals surface area contributed by atoms with Crippen LogP contribution in [-0.4, -0.2) is 25.0 Å². The summed E-state index contributed by atoms with van der Waals surface area (Å²) in [5, 5.41) is 0. The number of nitrogens with two attached hydrogens (primary N) is 1. The largest absolute Gasteiger partial charge is 0.321 e. The van der Waals surface area contributed by atoms with E-state index >= 15 is 0 Å². The summed E-state index contributed by atoms with van der Waals surface area (Å²) in [6.07, 6.45) is 0. The Morgan fingerprint density at radius 1 is 1.00 bits per heavy atom. The molecule has 0 aliphatic heterocycles. The minimum atomic E-state index is -0.290. The standard InChI is InChI=1S/C15H26N2/c1-14(2,3)11-17(5)12-15(4,16)13-9-7-6-8-10-13/h6-10H,11-12,16H2,1-5H3. The Balaban J connectivity index is 2.67. The van der Waals surface area contributed by atoms with E-state index in [9.17, 15) is 0 Å². The molecule has 0 aliphatic carbocycles. The van der Waals surface area contributed by atoms with Crippen LogP contribution >= 0.6 is 0 Å². The average molecular weight is 234 g/mol. The van der Waals surface area contributed by atoms with E-state index in [1.54, 1.807) is 0 Å². The summed E-state index contributed by atoms with van der Waals surface area (Å²) in [4.78, 5) is 2.31. The first-order valence-electron chi connectivity index (χ1n) is 6.24. The van der Waals surface area contributed by atoms with Gasteiger partial charge in [0.25, 0.3) is 0 Å². The molecule has 0 saturated carbocycles. The number of likely N-dealkylation sites (N-methyl/N-ethyl adjacent to an activating group) is 1. The number of hydrogen-bond acceptors (Lipinski definition) is 2. The van der Waals surface area contributed by atoms with Gasteiger partial charge in [0, 0.05) is 13.1 Å². The molecule has 0 fully saturated rings. The summed E-state index contributed by atoms with van der Waals surface area (Å²) in [6, 6.07) is 10.3. The highest BCUT2D eigenvalue weighted by molar-refractivity contribution is 5.23. The third-order valence-corrected chi connectivity index (χ3v) is 2.78. The van der Waals surface area contributed by atoms with E-state index < -0.39 is 0 Å². The fourth-order valence-electron chi connectivity index (χ4n) is 2.34. The van der Waals surface area contributed by atoms with Gasteiger partial charge in [0.15, 0.2) is 0 Å². The van der Waals surface area contributed by atoms with Crippen molar-refractivity contribution < 1.29 is 0 Å². The van der Waals surface area contributed by atoms with E-state index in [0.29, 0.717) is 5.41 Å². The summed E-state index contributed by atoms with van der Waals surface area (Å²) in [6.45, 7) is 10.8. The second kappa shape index (κ2) is 5.19. The van der Waals surface area contributed by atoms with Crippen LogP contribution in [0.1, 0.15) is 33.3 Å². The van der Waals surface area contributed by atoms with Crippen LogP contribution in [-0.2, 0) is 5.54 Å². The maximum atomic E-state index is 6.42. The van der Waals surface area contributed by atoms with Crippen molar-refractivity contribution in [3.05, 3.63) is 35.9 Å². The number of benzene rings is 1. The molecule has 2 nitrogen and oxygen atoms in total. The number of rotatable bonds is 4. The Labute approximate surface area is 106 Å². The first kappa shape index (κ1) is 14.2. The van der Waals surface area contributed by atoms with Gasteiger partial charge < -0.3 is 10.6 Å². The van der Waals surface area contributed by atoms with Crippen molar-refractivity contribution in [1.29, 1.82) is 0 Å². The van der Waals surface area contributed by atoms with Gasteiger partial charge in [-0.2, -0.15) is 0 Å². The van der Waals surface area contributed by atoms with Crippen molar-refractivity contribution in [2.24, 2.45) is 11.1 Å². The molecule has 1 unspecified atom stereocenters. The quantitative estimate of drug-likeness (QED) is 0.868. The minimum absolute atomic E-state index is 0.290. The Morgan fingerprint density at radius 2 is 1.53 bits per heavy atom. The molecule has 1 aromatic carbocycles. The minimum Gasteiger partial charge on any atom is -0.321 e. The van der Waals surface area contributed by atoms with Gasteiger partial charge in [0.05, 0.1) is 5.54 Å². The zero-order valence-corrected chi connectivity index (χ0v) is 11.8. The molecule has 0 saturated heterocycles. The second-order valence-electron chi connectivity index (χ2n) is 6.52. The van der Waals surface area contributed by atoms with Crippen molar-refractivity contribution in [3.8, 4) is 0 Å². The molecule has 17 heavy (non-hydrogen) atoms. The molecule has 2 heteroatoms. The molecular formula is C15H26N2. The van der Waals surface area contributed by atoms with Gasteiger partial charge in [0.1, 0.15) is 0 Å². The zero-order valence-electron chi connectivity index (χ0n) is 11.8. The lowest BCUT2D eigenvalue weighted by Gasteiger charge is -2.34. The monoisotopic (exact) mass is 234 g/mol. The van der Waals surface area contributed by atoms with Crippen LogP contribution < -0.4 is 5.73 Å². The van der Waals surface area contributed by atoms with Crippen LogP contribution in [0.4, 0.5) is 0 Å². The lowest BCUT2D eigenvalue weighted by molar-refractivity contribution is 0.190. The summed E-state index contributed by atoms with van der Waals surface area (Å²) in [5.41, 5.74) is 7.63. The van der Waals surface area contributed by atoms with Crippen LogP contribution in [0.3, 0.4) is 0 Å². The van der Waals surface area contributed by atoms with Gasteiger partial charge in [-0.05, 0) is 24.9 Å². The lowest BCUT2D eigenvalue weighted by Crippen LogP contribution is -2.46. The maximum Gasteiger partial charge on any atom is 0.0509 e. The van der Waals surface area contributed by atoms with Crippen molar-refractivity contribution in [2.75, 3.05) is 20.1 Å². The van der Waals surface area contributed by atoms with Gasteiger partial charge in [0.2, 0.25) is 0 Å². The molecule has 0 amide bonds. The average Bonchev–Trinajstić information content (AvgIpc) is 2.15. The molecule has 1 rings (SSSR count). The fourth-order valence-corrected chi connectivity index (χ4v) is 2.34. The van der Waals surface area contributed by atoms with Crippen molar-refractivity contribution in [3.63, 3.8) is 0 Å². The maximum absolute atomic E-state index is 6.42. The predicted molar refractivity (Wildman–Crippen MR) is 74.9 cm³/mol. The Kier molecular flexibility index (Phi) is 4.34. The molecule has 0 aromatic heterocycles. The first-order chi connectivity index (χ1) is 7.71. The Hall–Kier alpha value is -0.860. The molecular weight excluding hydrogens is 208 g/mol. The van der Waals surface area contributed by atoms with Gasteiger partial charge in [-0.15, -0.1) is 0 Å². The molecule has 96 valence electrons. The highest BCUT2D eigenvalue weighted by Crippen LogP contribution is 2.21. The topological polar surface area (TPSA) is 29.3 Å². The summed E-state index contributed by atoms with van der Waals surface area (Å²) in [5.74, 6) is 0. The van der Waals surface area contributed by atoms with Crippen LogP contribution in [0.15, 0.2) is 30.3 Å². The van der Waals surface area contributed by atoms with Gasteiger partial charge in [-0.25, -0.2) is 0 Å². The highest BCUT2D eigenvalue weighted by Gasteiger charge is 2.24. The number of nitrogens with zero attached hydrogens (tertiary/aromatic N) is 1. The van der Waals surface area contributed by atoms with E-state index in [4.69, 9.17) is 5.73 Å². The highest BCUT2D eigenvalue weighted by atomic mass is 15.1. The van der Waals surface area contributed by atoms with Gasteiger partial charge in [-0.1, -0.05) is 51.1 Å². The first-order valence-corrected chi connectivity index (χ1v) is 6.24. The third-order valence-electron chi connectivity index (χ3n) is 2.78. The van der Waals surface area contributed by atoms with Gasteiger partial charge >= 0.3 is 0 Å². The summed E-state index contributed by atoms with van der Waals surface area (Å²) < 4.78 is 0. The van der Waals surface area contributed by atoms with E-state index in [-0.39, 0.29) is 5.54 Å². The summed E-state index contributed by atoms with van der Waals surface area (Å²) in [7, 11) is 2.14. The smallest absolute Gasteiger partial charge is 0.0509 e. The van der Waals surface area contributed by atoms with E-state index in [0.717, 1.165) is 13.1 Å². The molecule has 0 radical (unpaired) electrons. The van der Waals surface area contributed by atoms with E-state index in [2.05, 4.69) is 51.8 Å². The SMILES string of the molecule is CN(CC(C)(C)C)CC(C)(N)c1ccccc1. The molecule has 0 aliphatic rings. The van der Waals surface area contributed by atoms with E-state index in [1.807, 2.05) is 18.2 Å². The van der Waals surface area contributed by atoms with Crippen molar-refractivity contribution in [1.82, 2.24) is 4.90 Å². The molecule has 0 heterocycles. The molecule has 0 bridgehead atoms. The van der Waals surface area contributed by atoms with Crippen molar-refractivity contribution >= 4 is 0 Å². The Morgan fingerprint density at radius 3 is 2.00 bits per heavy atom. The second-order valence-corrected chi connectivity index (χ2v) is 6.52. The normalized spacial score (nSPS) is 15.9. The predicted octanol–water partition coefficient (Wildman–Crippen LogP) is 2.84. The number of hydrogen-bond donors (Lipinski definition) is 1. The molecule has 1 aromatic rings. The molecule has 0 spiro atoms. The van der Waals surface area contributed by atoms with Crippen molar-refractivity contribution in [2.45, 2.75) is 33.2 Å².